The second kappa shape index (κ2) is 33.6. The average molecular weight is 847 g/mol. The molecule has 0 spiro atoms. The van der Waals surface area contributed by atoms with E-state index in [0.29, 0.717) is 23.0 Å². The van der Waals surface area contributed by atoms with Crippen molar-refractivity contribution in [2.45, 2.75) is 175 Å². The van der Waals surface area contributed by atoms with Gasteiger partial charge in [-0.3, -0.25) is 0 Å². The maximum atomic E-state index is 9.66. The van der Waals surface area contributed by atoms with Gasteiger partial charge in [0.1, 0.15) is 23.0 Å². The van der Waals surface area contributed by atoms with E-state index < -0.39 is 17.2 Å². The third-order valence-corrected chi connectivity index (χ3v) is 12.0. The van der Waals surface area contributed by atoms with E-state index in [1.54, 1.807) is 0 Å². The van der Waals surface area contributed by atoms with Crippen LogP contribution in [0.3, 0.4) is 0 Å². The highest BCUT2D eigenvalue weighted by atomic mass is 31.2. The van der Waals surface area contributed by atoms with Crippen molar-refractivity contribution in [3.8, 4) is 23.0 Å². The summed E-state index contributed by atoms with van der Waals surface area (Å²) in [7, 11) is -3.98. The summed E-state index contributed by atoms with van der Waals surface area (Å²) in [6.07, 6.45) is 30.8. The predicted molar refractivity (Wildman–Crippen MR) is 252 cm³/mol. The molecule has 0 aliphatic heterocycles. The molecular weight excluding hydrogens is 771 g/mol. The topological polar surface area (TPSA) is 77.4 Å². The zero-order valence-corrected chi connectivity index (χ0v) is 38.5. The van der Waals surface area contributed by atoms with Crippen LogP contribution < -0.4 is 18.1 Å². The average Bonchev–Trinajstić information content (AvgIpc) is 3.25. The SMILES string of the molecule is CCCCCCCCCc1ccc(OP(O)O)c(CCCCCCCCC)c1CCCCCCCCC.c1ccc(OP(Oc2ccccc2)Oc2ccccc2)cc1. The first-order chi connectivity index (χ1) is 29.0. The molecule has 0 unspecified atom stereocenters. The molecule has 0 radical (unpaired) electrons. The molecule has 8 heteroatoms. The van der Waals surface area contributed by atoms with E-state index in [1.165, 1.54) is 145 Å². The van der Waals surface area contributed by atoms with Crippen molar-refractivity contribution in [1.82, 2.24) is 0 Å². The lowest BCUT2D eigenvalue weighted by Crippen LogP contribution is -2.05. The van der Waals surface area contributed by atoms with Gasteiger partial charge in [-0.2, -0.15) is 0 Å². The Labute approximate surface area is 361 Å². The normalized spacial score (nSPS) is 11.0. The van der Waals surface area contributed by atoms with Gasteiger partial charge in [0, 0.05) is 0 Å². The van der Waals surface area contributed by atoms with Crippen LogP contribution in [-0.4, -0.2) is 9.79 Å². The van der Waals surface area contributed by atoms with E-state index >= 15 is 0 Å². The molecular formula is C51H76O6P2. The zero-order valence-electron chi connectivity index (χ0n) is 36.7. The summed E-state index contributed by atoms with van der Waals surface area (Å²) in [6.45, 7) is 6.82. The van der Waals surface area contributed by atoms with E-state index in [4.69, 9.17) is 18.1 Å². The second-order valence-electron chi connectivity index (χ2n) is 15.6. The Bertz CT molecular complexity index is 1460. The van der Waals surface area contributed by atoms with E-state index in [9.17, 15) is 9.79 Å². The molecule has 0 aliphatic carbocycles. The summed E-state index contributed by atoms with van der Waals surface area (Å²) in [5.74, 6) is 2.84. The third-order valence-electron chi connectivity index (χ3n) is 10.5. The minimum absolute atomic E-state index is 0.709. The molecule has 0 aliphatic rings. The molecule has 6 nitrogen and oxygen atoms in total. The summed E-state index contributed by atoms with van der Waals surface area (Å²) >= 11 is 0. The highest BCUT2D eigenvalue weighted by molar-refractivity contribution is 7.43. The summed E-state index contributed by atoms with van der Waals surface area (Å²) in [6, 6.07) is 32.7. The standard InChI is InChI=1S/C33H61O3P.C18H15O3P/c1-4-7-10-13-16-19-22-25-30-28-29-33(36-37(34)35)32(27-24-21-18-15-12-9-6-3)31(30)26-23-20-17-14-11-8-5-2;1-4-10-16(11-5-1)19-22(20-17-12-6-2-7-13-17)21-18-14-8-3-9-15-18/h28-29,34-35H,4-27H2,1-3H3;1-15H. The highest BCUT2D eigenvalue weighted by Gasteiger charge is 2.20. The number of hydrogen-bond donors (Lipinski definition) is 2. The Morgan fingerprint density at radius 2 is 0.695 bits per heavy atom. The maximum Gasteiger partial charge on any atom is 0.530 e. The van der Waals surface area contributed by atoms with E-state index in [-0.39, 0.29) is 0 Å². The van der Waals surface area contributed by atoms with E-state index in [1.807, 2.05) is 97.1 Å². The van der Waals surface area contributed by atoms with Gasteiger partial charge in [0.05, 0.1) is 0 Å². The van der Waals surface area contributed by atoms with Crippen LogP contribution in [0.2, 0.25) is 0 Å². The zero-order chi connectivity index (χ0) is 42.0. The first-order valence-corrected chi connectivity index (χ1v) is 25.3. The van der Waals surface area contributed by atoms with Crippen molar-refractivity contribution in [3.05, 3.63) is 120 Å². The van der Waals surface area contributed by atoms with Crippen LogP contribution in [0.4, 0.5) is 0 Å². The molecule has 326 valence electrons. The fourth-order valence-electron chi connectivity index (χ4n) is 7.26. The van der Waals surface area contributed by atoms with Crippen LogP contribution in [0.15, 0.2) is 103 Å². The molecule has 0 aromatic heterocycles. The molecule has 4 aromatic carbocycles. The molecule has 0 heterocycles. The molecule has 0 saturated heterocycles. The lowest BCUT2D eigenvalue weighted by Gasteiger charge is -2.20. The van der Waals surface area contributed by atoms with Gasteiger partial charge >= 0.3 is 17.2 Å². The van der Waals surface area contributed by atoms with Crippen LogP contribution in [0.5, 0.6) is 23.0 Å². The van der Waals surface area contributed by atoms with Gasteiger partial charge in [0.25, 0.3) is 0 Å². The Hall–Kier alpha value is -3.14. The van der Waals surface area contributed by atoms with Crippen molar-refractivity contribution in [1.29, 1.82) is 0 Å². The molecule has 0 amide bonds. The molecule has 0 saturated carbocycles. The van der Waals surface area contributed by atoms with Crippen molar-refractivity contribution in [3.63, 3.8) is 0 Å². The van der Waals surface area contributed by atoms with Crippen molar-refractivity contribution < 1.29 is 27.9 Å². The number of para-hydroxylation sites is 3. The van der Waals surface area contributed by atoms with Crippen molar-refractivity contribution in [2.75, 3.05) is 0 Å². The van der Waals surface area contributed by atoms with Gasteiger partial charge in [-0.1, -0.05) is 197 Å². The summed E-state index contributed by atoms with van der Waals surface area (Å²) in [4.78, 5) is 19.3. The fourth-order valence-corrected chi connectivity index (χ4v) is 8.60. The summed E-state index contributed by atoms with van der Waals surface area (Å²) in [5, 5.41) is 0. The number of rotatable bonds is 32. The quantitative estimate of drug-likeness (QED) is 0.0377. The largest absolute Gasteiger partial charge is 0.530 e. The van der Waals surface area contributed by atoms with Crippen LogP contribution in [0.25, 0.3) is 0 Å². The van der Waals surface area contributed by atoms with Crippen LogP contribution in [0.1, 0.15) is 172 Å². The Balaban J connectivity index is 0.000000355. The molecule has 0 bridgehead atoms. The molecule has 2 N–H and O–H groups in total. The van der Waals surface area contributed by atoms with Crippen LogP contribution >= 0.6 is 17.2 Å². The predicted octanol–water partition coefficient (Wildman–Crippen LogP) is 16.6. The van der Waals surface area contributed by atoms with Gasteiger partial charge < -0.3 is 27.9 Å². The molecule has 59 heavy (non-hydrogen) atoms. The minimum Gasteiger partial charge on any atom is -0.427 e. The van der Waals surface area contributed by atoms with Gasteiger partial charge in [-0.25, -0.2) is 0 Å². The highest BCUT2D eigenvalue weighted by Crippen LogP contribution is 2.42. The number of unbranched alkanes of at least 4 members (excludes halogenated alkanes) is 18. The number of hydrogen-bond acceptors (Lipinski definition) is 6. The van der Waals surface area contributed by atoms with Crippen molar-refractivity contribution >= 4 is 17.2 Å². The minimum atomic E-state index is -2.39. The lowest BCUT2D eigenvalue weighted by atomic mass is 9.89. The Morgan fingerprint density at radius 3 is 1.07 bits per heavy atom. The van der Waals surface area contributed by atoms with Gasteiger partial charge in [-0.05, 0) is 97.7 Å². The molecule has 0 fully saturated rings. The van der Waals surface area contributed by atoms with E-state index in [2.05, 4.69) is 26.8 Å². The number of aryl methyl sites for hydroxylation is 1. The number of benzene rings is 4. The molecule has 4 aromatic rings. The smallest absolute Gasteiger partial charge is 0.427 e. The van der Waals surface area contributed by atoms with Gasteiger partial charge in [-0.15, -0.1) is 0 Å². The molecule has 4 rings (SSSR count). The van der Waals surface area contributed by atoms with Gasteiger partial charge in [0.15, 0.2) is 0 Å². The first-order valence-electron chi connectivity index (χ1n) is 23.0. The lowest BCUT2D eigenvalue weighted by molar-refractivity contribution is 0.372. The summed E-state index contributed by atoms with van der Waals surface area (Å²) < 4.78 is 23.1. The third kappa shape index (κ3) is 23.4. The van der Waals surface area contributed by atoms with E-state index in [0.717, 1.165) is 25.7 Å². The Kier molecular flexibility index (Phi) is 28.6. The second-order valence-corrected chi connectivity index (χ2v) is 17.3. The Morgan fingerprint density at radius 1 is 0.356 bits per heavy atom. The van der Waals surface area contributed by atoms with Gasteiger partial charge in [0.2, 0.25) is 0 Å². The first kappa shape index (κ1) is 50.2. The van der Waals surface area contributed by atoms with Crippen LogP contribution in [-0.2, 0) is 19.3 Å². The van der Waals surface area contributed by atoms with Crippen molar-refractivity contribution in [2.24, 2.45) is 0 Å². The van der Waals surface area contributed by atoms with Crippen LogP contribution in [0, 0.1) is 0 Å². The fraction of sp³-hybridized carbons (Fsp3) is 0.529. The monoisotopic (exact) mass is 847 g/mol. The summed E-state index contributed by atoms with van der Waals surface area (Å²) in [5.41, 5.74) is 4.19. The molecule has 0 atom stereocenters. The maximum absolute atomic E-state index is 9.66.